The SMILES string of the molecule is CCC(CC#N)Sc1nnc(C)s1. The second-order valence-corrected chi connectivity index (χ2v) is 5.33. The van der Waals surface area contributed by atoms with Crippen molar-refractivity contribution in [3.05, 3.63) is 5.01 Å². The van der Waals surface area contributed by atoms with Crippen LogP contribution in [0.25, 0.3) is 0 Å². The van der Waals surface area contributed by atoms with E-state index < -0.39 is 0 Å². The third kappa shape index (κ3) is 3.33. The van der Waals surface area contributed by atoms with Crippen molar-refractivity contribution in [1.82, 2.24) is 10.2 Å². The zero-order valence-corrected chi connectivity index (χ0v) is 9.28. The molecular weight excluding hydrogens is 202 g/mol. The summed E-state index contributed by atoms with van der Waals surface area (Å²) in [5.41, 5.74) is 0. The van der Waals surface area contributed by atoms with Crippen LogP contribution in [0, 0.1) is 18.3 Å². The highest BCUT2D eigenvalue weighted by Gasteiger charge is 2.10. The van der Waals surface area contributed by atoms with Crippen LogP contribution >= 0.6 is 23.1 Å². The van der Waals surface area contributed by atoms with Crippen LogP contribution in [-0.2, 0) is 0 Å². The fourth-order valence-electron chi connectivity index (χ4n) is 0.840. The minimum Gasteiger partial charge on any atom is -0.198 e. The number of hydrogen-bond donors (Lipinski definition) is 0. The van der Waals surface area contributed by atoms with Gasteiger partial charge in [-0.2, -0.15) is 5.26 Å². The van der Waals surface area contributed by atoms with E-state index in [4.69, 9.17) is 5.26 Å². The van der Waals surface area contributed by atoms with Gasteiger partial charge in [-0.3, -0.25) is 0 Å². The average Bonchev–Trinajstić information content (AvgIpc) is 2.50. The van der Waals surface area contributed by atoms with Crippen molar-refractivity contribution in [2.45, 2.75) is 36.3 Å². The summed E-state index contributed by atoms with van der Waals surface area (Å²) in [6.07, 6.45) is 1.58. The first-order valence-corrected chi connectivity index (χ1v) is 5.79. The van der Waals surface area contributed by atoms with Gasteiger partial charge in [0.2, 0.25) is 0 Å². The second kappa shape index (κ2) is 5.20. The van der Waals surface area contributed by atoms with Crippen molar-refractivity contribution in [3.63, 3.8) is 0 Å². The molecule has 0 aliphatic carbocycles. The Morgan fingerprint density at radius 1 is 1.62 bits per heavy atom. The highest BCUT2D eigenvalue weighted by Crippen LogP contribution is 2.29. The number of thioether (sulfide) groups is 1. The Balaban J connectivity index is 2.52. The molecule has 0 fully saturated rings. The first kappa shape index (κ1) is 10.5. The fraction of sp³-hybridized carbons (Fsp3) is 0.625. The van der Waals surface area contributed by atoms with Gasteiger partial charge in [0.25, 0.3) is 0 Å². The van der Waals surface area contributed by atoms with Crippen molar-refractivity contribution in [1.29, 1.82) is 5.26 Å². The molecule has 0 aromatic carbocycles. The molecular formula is C8H11N3S2. The predicted octanol–water partition coefficient (Wildman–Crippen LogP) is 2.63. The molecule has 70 valence electrons. The van der Waals surface area contributed by atoms with Crippen LogP contribution in [0.1, 0.15) is 24.8 Å². The largest absolute Gasteiger partial charge is 0.198 e. The highest BCUT2D eigenvalue weighted by molar-refractivity contribution is 8.01. The van der Waals surface area contributed by atoms with Gasteiger partial charge in [-0.25, -0.2) is 0 Å². The Labute approximate surface area is 86.2 Å². The van der Waals surface area contributed by atoms with Crippen LogP contribution in [0.4, 0.5) is 0 Å². The van der Waals surface area contributed by atoms with E-state index in [2.05, 4.69) is 23.2 Å². The lowest BCUT2D eigenvalue weighted by Gasteiger charge is -2.05. The summed E-state index contributed by atoms with van der Waals surface area (Å²) in [6.45, 7) is 4.02. The van der Waals surface area contributed by atoms with E-state index in [-0.39, 0.29) is 0 Å². The monoisotopic (exact) mass is 213 g/mol. The van der Waals surface area contributed by atoms with Crippen LogP contribution in [0.3, 0.4) is 0 Å². The molecule has 0 aliphatic rings. The zero-order chi connectivity index (χ0) is 9.68. The third-order valence-electron chi connectivity index (χ3n) is 1.55. The number of aryl methyl sites for hydroxylation is 1. The molecule has 0 saturated carbocycles. The lowest BCUT2D eigenvalue weighted by molar-refractivity contribution is 0.839. The number of nitrogens with zero attached hydrogens (tertiary/aromatic N) is 3. The Morgan fingerprint density at radius 3 is 2.85 bits per heavy atom. The van der Waals surface area contributed by atoms with Crippen molar-refractivity contribution in [3.8, 4) is 6.07 Å². The van der Waals surface area contributed by atoms with Crippen molar-refractivity contribution in [2.75, 3.05) is 0 Å². The highest BCUT2D eigenvalue weighted by atomic mass is 32.2. The quantitative estimate of drug-likeness (QED) is 0.721. The molecule has 1 heterocycles. The molecule has 1 atom stereocenters. The molecule has 0 amide bonds. The Kier molecular flexibility index (Phi) is 4.19. The van der Waals surface area contributed by atoms with Gasteiger partial charge in [-0.1, -0.05) is 30.0 Å². The predicted molar refractivity (Wildman–Crippen MR) is 54.8 cm³/mol. The van der Waals surface area contributed by atoms with Gasteiger partial charge >= 0.3 is 0 Å². The Hall–Kier alpha value is -0.600. The van der Waals surface area contributed by atoms with E-state index in [1.165, 1.54) is 0 Å². The van der Waals surface area contributed by atoms with E-state index in [0.717, 1.165) is 15.8 Å². The summed E-state index contributed by atoms with van der Waals surface area (Å²) < 4.78 is 0.972. The van der Waals surface area contributed by atoms with E-state index in [0.29, 0.717) is 11.7 Å². The number of nitriles is 1. The molecule has 1 unspecified atom stereocenters. The van der Waals surface area contributed by atoms with Gasteiger partial charge < -0.3 is 0 Å². The third-order valence-corrected chi connectivity index (χ3v) is 3.84. The van der Waals surface area contributed by atoms with E-state index in [1.54, 1.807) is 23.1 Å². The number of aromatic nitrogens is 2. The van der Waals surface area contributed by atoms with Crippen LogP contribution < -0.4 is 0 Å². The fourth-order valence-corrected chi connectivity index (χ4v) is 2.92. The maximum Gasteiger partial charge on any atom is 0.174 e. The Morgan fingerprint density at radius 2 is 2.38 bits per heavy atom. The summed E-state index contributed by atoms with van der Waals surface area (Å²) in [5, 5.41) is 17.8. The van der Waals surface area contributed by atoms with Gasteiger partial charge in [0, 0.05) is 11.7 Å². The lowest BCUT2D eigenvalue weighted by atomic mass is 10.3. The van der Waals surface area contributed by atoms with Crippen molar-refractivity contribution >= 4 is 23.1 Å². The standard InChI is InChI=1S/C8H11N3S2/c1-3-7(4-5-9)13-8-11-10-6(2)12-8/h7H,3-4H2,1-2H3. The van der Waals surface area contributed by atoms with Crippen LogP contribution in [0.5, 0.6) is 0 Å². The molecule has 0 saturated heterocycles. The van der Waals surface area contributed by atoms with Gasteiger partial charge in [0.15, 0.2) is 4.34 Å². The van der Waals surface area contributed by atoms with Crippen molar-refractivity contribution < 1.29 is 0 Å². The smallest absolute Gasteiger partial charge is 0.174 e. The van der Waals surface area contributed by atoms with Crippen LogP contribution in [-0.4, -0.2) is 15.4 Å². The van der Waals surface area contributed by atoms with Gasteiger partial charge in [0.1, 0.15) is 5.01 Å². The molecule has 1 aromatic rings. The molecule has 0 aliphatic heterocycles. The summed E-state index contributed by atoms with van der Waals surface area (Å²) in [4.78, 5) is 0. The second-order valence-electron chi connectivity index (χ2n) is 2.60. The molecule has 13 heavy (non-hydrogen) atoms. The maximum absolute atomic E-state index is 8.56. The molecule has 0 radical (unpaired) electrons. The summed E-state index contributed by atoms with van der Waals surface area (Å²) in [6, 6.07) is 2.18. The minimum absolute atomic E-state index is 0.359. The summed E-state index contributed by atoms with van der Waals surface area (Å²) in [5.74, 6) is 0. The van der Waals surface area contributed by atoms with Crippen molar-refractivity contribution in [2.24, 2.45) is 0 Å². The first-order valence-electron chi connectivity index (χ1n) is 4.10. The lowest BCUT2D eigenvalue weighted by Crippen LogP contribution is -1.98. The average molecular weight is 213 g/mol. The molecule has 0 spiro atoms. The number of rotatable bonds is 4. The first-order chi connectivity index (χ1) is 6.26. The van der Waals surface area contributed by atoms with E-state index >= 15 is 0 Å². The van der Waals surface area contributed by atoms with E-state index in [9.17, 15) is 0 Å². The summed E-state index contributed by atoms with van der Waals surface area (Å²) >= 11 is 3.25. The van der Waals surface area contributed by atoms with Gasteiger partial charge in [0.05, 0.1) is 6.07 Å². The molecule has 3 nitrogen and oxygen atoms in total. The van der Waals surface area contributed by atoms with Gasteiger partial charge in [-0.05, 0) is 13.3 Å². The molecule has 1 rings (SSSR count). The normalized spacial score (nSPS) is 12.4. The van der Waals surface area contributed by atoms with Crippen LogP contribution in [0.2, 0.25) is 0 Å². The Bertz CT molecular complexity index is 303. The molecule has 5 heteroatoms. The van der Waals surface area contributed by atoms with Crippen LogP contribution in [0.15, 0.2) is 4.34 Å². The topological polar surface area (TPSA) is 49.6 Å². The summed E-state index contributed by atoms with van der Waals surface area (Å²) in [7, 11) is 0. The molecule has 1 aromatic heterocycles. The number of hydrogen-bond acceptors (Lipinski definition) is 5. The maximum atomic E-state index is 8.56. The molecule has 0 bridgehead atoms. The minimum atomic E-state index is 0.359. The van der Waals surface area contributed by atoms with E-state index in [1.807, 2.05) is 6.92 Å². The van der Waals surface area contributed by atoms with Gasteiger partial charge in [-0.15, -0.1) is 10.2 Å². The zero-order valence-electron chi connectivity index (χ0n) is 7.65. The molecule has 0 N–H and O–H groups in total.